The molecule has 0 aromatic rings. The first-order valence-corrected chi connectivity index (χ1v) is 21.4. The summed E-state index contributed by atoms with van der Waals surface area (Å²) in [5.74, 6) is 12.1. The average Bonchev–Trinajstić information content (AvgIpc) is 3.36. The summed E-state index contributed by atoms with van der Waals surface area (Å²) in [6.45, 7) is 23.1. The van der Waals surface area contributed by atoms with Crippen molar-refractivity contribution in [3.63, 3.8) is 0 Å². The van der Waals surface area contributed by atoms with Crippen LogP contribution < -0.4 is 5.32 Å². The lowest BCUT2D eigenvalue weighted by atomic mass is 9.42. The number of fused-ring (bicyclic) bond motifs is 6. The number of hydrogen-bond donors (Lipinski definition) is 1. The first kappa shape index (κ1) is 35.5. The Hall–Kier alpha value is -0.300. The lowest BCUT2D eigenvalue weighted by molar-refractivity contribution is -0.142. The summed E-state index contributed by atoms with van der Waals surface area (Å²) in [6.07, 6.45) is 30.0. The fourth-order valence-electron chi connectivity index (χ4n) is 15.1. The molecule has 0 amide bonds. The Balaban J connectivity index is 1.15. The van der Waals surface area contributed by atoms with Crippen LogP contribution in [-0.4, -0.2) is 12.1 Å². The Kier molecular flexibility index (Phi) is 11.2. The van der Waals surface area contributed by atoms with Crippen LogP contribution in [0.1, 0.15) is 171 Å². The first-order chi connectivity index (χ1) is 22.0. The maximum absolute atomic E-state index is 4.50. The number of hydrogen-bond acceptors (Lipinski definition) is 1. The molecule has 0 aromatic heterocycles. The lowest BCUT2D eigenvalue weighted by Gasteiger charge is -2.63. The average molecular weight is 634 g/mol. The Morgan fingerprint density at radius 1 is 0.783 bits per heavy atom. The third kappa shape index (κ3) is 6.39. The minimum Gasteiger partial charge on any atom is -0.311 e. The van der Waals surface area contributed by atoms with E-state index in [1.807, 2.05) is 0 Å². The molecule has 0 bridgehead atoms. The maximum Gasteiger partial charge on any atom is 0.0109 e. The number of piperidine rings is 1. The van der Waals surface area contributed by atoms with Gasteiger partial charge in [-0.1, -0.05) is 99.6 Å². The molecule has 1 heteroatoms. The summed E-state index contributed by atoms with van der Waals surface area (Å²) in [5.41, 5.74) is 1.27. The van der Waals surface area contributed by atoms with Crippen LogP contribution >= 0.6 is 0 Å². The molecule has 6 rings (SSSR count). The molecule has 1 aliphatic heterocycles. The molecule has 264 valence electrons. The van der Waals surface area contributed by atoms with Crippen LogP contribution in [0.25, 0.3) is 0 Å². The minimum atomic E-state index is 0.616. The van der Waals surface area contributed by atoms with E-state index in [1.165, 1.54) is 70.6 Å². The Morgan fingerprint density at radius 3 is 2.28 bits per heavy atom. The molecule has 46 heavy (non-hydrogen) atoms. The van der Waals surface area contributed by atoms with Crippen molar-refractivity contribution in [1.82, 2.24) is 5.32 Å². The van der Waals surface area contributed by atoms with Gasteiger partial charge in [-0.15, -0.1) is 0 Å². The van der Waals surface area contributed by atoms with Gasteiger partial charge in [0.05, 0.1) is 0 Å². The molecule has 1 heterocycles. The van der Waals surface area contributed by atoms with Gasteiger partial charge in [-0.05, 0) is 172 Å². The second-order valence-corrected chi connectivity index (χ2v) is 19.8. The van der Waals surface area contributed by atoms with Gasteiger partial charge in [-0.3, -0.25) is 0 Å². The van der Waals surface area contributed by atoms with Crippen LogP contribution in [-0.2, 0) is 0 Å². The van der Waals surface area contributed by atoms with Gasteiger partial charge in [-0.2, -0.15) is 0 Å². The highest BCUT2D eigenvalue weighted by atomic mass is 15.0. The van der Waals surface area contributed by atoms with E-state index in [-0.39, 0.29) is 0 Å². The van der Waals surface area contributed by atoms with Gasteiger partial charge in [0.15, 0.2) is 0 Å². The van der Waals surface area contributed by atoms with Crippen LogP contribution in [0.5, 0.6) is 0 Å². The number of nitrogens with one attached hydrogen (secondary N) is 1. The van der Waals surface area contributed by atoms with Crippen LogP contribution in [0, 0.1) is 87.8 Å². The van der Waals surface area contributed by atoms with Crippen LogP contribution in [0.3, 0.4) is 0 Å². The van der Waals surface area contributed by atoms with Gasteiger partial charge < -0.3 is 5.32 Å². The van der Waals surface area contributed by atoms with Gasteiger partial charge in [0.1, 0.15) is 0 Å². The van der Waals surface area contributed by atoms with Gasteiger partial charge in [0, 0.05) is 12.1 Å². The van der Waals surface area contributed by atoms with Crippen molar-refractivity contribution in [2.75, 3.05) is 0 Å². The highest BCUT2D eigenvalue weighted by Gasteiger charge is 2.61. The molecule has 0 aromatic carbocycles. The van der Waals surface area contributed by atoms with E-state index in [9.17, 15) is 0 Å². The van der Waals surface area contributed by atoms with Crippen molar-refractivity contribution >= 4 is 0 Å². The van der Waals surface area contributed by atoms with E-state index in [0.717, 1.165) is 77.1 Å². The molecule has 1 saturated heterocycles. The zero-order valence-electron chi connectivity index (χ0n) is 32.3. The predicted octanol–water partition coefficient (Wildman–Crippen LogP) is 12.7. The van der Waals surface area contributed by atoms with Crippen molar-refractivity contribution in [3.05, 3.63) is 12.2 Å². The molecule has 0 spiro atoms. The second kappa shape index (κ2) is 14.5. The van der Waals surface area contributed by atoms with Crippen molar-refractivity contribution in [3.8, 4) is 0 Å². The topological polar surface area (TPSA) is 12.0 Å². The fraction of sp³-hybridized carbons (Fsp3) is 0.956. The normalized spacial score (nSPS) is 51.2. The van der Waals surface area contributed by atoms with E-state index in [2.05, 4.69) is 79.8 Å². The molecule has 5 saturated carbocycles. The highest BCUT2D eigenvalue weighted by Crippen LogP contribution is 2.69. The molecule has 6 fully saturated rings. The zero-order valence-corrected chi connectivity index (χ0v) is 32.3. The van der Waals surface area contributed by atoms with Crippen LogP contribution in [0.15, 0.2) is 12.2 Å². The summed E-state index contributed by atoms with van der Waals surface area (Å²) < 4.78 is 0. The van der Waals surface area contributed by atoms with Crippen molar-refractivity contribution < 1.29 is 0 Å². The SMILES string of the molecule is CC=CC(C)CC1NC(CC2CCC3(C)C(C2)CC(C)C2C4CCC(CCCC)C4(C)CCC23)C(C)C2CCC(C)C(CCC)C12. The molecule has 1 nitrogen and oxygen atoms in total. The van der Waals surface area contributed by atoms with Crippen molar-refractivity contribution in [1.29, 1.82) is 0 Å². The summed E-state index contributed by atoms with van der Waals surface area (Å²) in [7, 11) is 0. The molecule has 6 aliphatic rings. The third-order valence-corrected chi connectivity index (χ3v) is 17.5. The molecular weight excluding hydrogens is 555 g/mol. The molecular formula is C45H79N. The summed E-state index contributed by atoms with van der Waals surface area (Å²) in [5, 5.41) is 4.50. The lowest BCUT2D eigenvalue weighted by Crippen LogP contribution is -2.61. The predicted molar refractivity (Wildman–Crippen MR) is 200 cm³/mol. The Bertz CT molecular complexity index is 1010. The van der Waals surface area contributed by atoms with E-state index in [0.29, 0.717) is 22.8 Å². The highest BCUT2D eigenvalue weighted by molar-refractivity contribution is 5.11. The van der Waals surface area contributed by atoms with E-state index >= 15 is 0 Å². The Morgan fingerprint density at radius 2 is 1.54 bits per heavy atom. The monoisotopic (exact) mass is 634 g/mol. The molecule has 17 unspecified atom stereocenters. The van der Waals surface area contributed by atoms with E-state index in [1.54, 1.807) is 38.5 Å². The molecule has 17 atom stereocenters. The van der Waals surface area contributed by atoms with Crippen molar-refractivity contribution in [2.24, 2.45) is 87.8 Å². The second-order valence-electron chi connectivity index (χ2n) is 19.8. The van der Waals surface area contributed by atoms with Gasteiger partial charge in [0.25, 0.3) is 0 Å². The third-order valence-electron chi connectivity index (χ3n) is 17.5. The number of rotatable bonds is 10. The fourth-order valence-corrected chi connectivity index (χ4v) is 15.1. The van der Waals surface area contributed by atoms with Gasteiger partial charge in [0.2, 0.25) is 0 Å². The summed E-state index contributed by atoms with van der Waals surface area (Å²) in [6, 6.07) is 1.45. The summed E-state index contributed by atoms with van der Waals surface area (Å²) >= 11 is 0. The number of allylic oxidation sites excluding steroid dienone is 2. The van der Waals surface area contributed by atoms with Gasteiger partial charge in [-0.25, -0.2) is 0 Å². The van der Waals surface area contributed by atoms with E-state index in [4.69, 9.17) is 0 Å². The number of unbranched alkanes of at least 4 members (excludes halogenated alkanes) is 1. The maximum atomic E-state index is 4.50. The summed E-state index contributed by atoms with van der Waals surface area (Å²) in [4.78, 5) is 0. The molecule has 5 aliphatic carbocycles. The standard InChI is InChI=1S/C45H79N/c1-10-13-16-34-18-20-38-42-31(6)26-35-27-33(21-23-45(35,9)39(42)22-24-44(34,38)8)28-40-32(7)37-19-17-30(5)36(15-12-3)43(37)41(46-40)25-29(4)14-11-2/h11,14,29-43,46H,10,12-13,15-28H2,1-9H3. The quantitative estimate of drug-likeness (QED) is 0.236. The zero-order chi connectivity index (χ0) is 32.8. The van der Waals surface area contributed by atoms with E-state index < -0.39 is 0 Å². The Labute approximate surface area is 288 Å². The molecule has 0 radical (unpaired) electrons. The molecule has 1 N–H and O–H groups in total. The van der Waals surface area contributed by atoms with Crippen LogP contribution in [0.2, 0.25) is 0 Å². The van der Waals surface area contributed by atoms with Crippen molar-refractivity contribution in [2.45, 2.75) is 184 Å². The first-order valence-electron chi connectivity index (χ1n) is 21.4. The van der Waals surface area contributed by atoms with Crippen LogP contribution in [0.4, 0.5) is 0 Å². The smallest absolute Gasteiger partial charge is 0.0109 e. The van der Waals surface area contributed by atoms with Gasteiger partial charge >= 0.3 is 0 Å². The largest absolute Gasteiger partial charge is 0.311 e. The minimum absolute atomic E-state index is 0.616.